The summed E-state index contributed by atoms with van der Waals surface area (Å²) in [6.07, 6.45) is 1.86. The highest BCUT2D eigenvalue weighted by Gasteiger charge is 2.21. The third-order valence-electron chi connectivity index (χ3n) is 3.53. The van der Waals surface area contributed by atoms with E-state index in [0.717, 1.165) is 13.1 Å². The highest BCUT2D eigenvalue weighted by Crippen LogP contribution is 2.38. The van der Waals surface area contributed by atoms with E-state index in [1.807, 2.05) is 24.0 Å². The molecule has 1 aromatic carbocycles. The Morgan fingerprint density at radius 3 is 3.00 bits per heavy atom. The topological polar surface area (TPSA) is 34.1 Å². The van der Waals surface area contributed by atoms with Gasteiger partial charge in [0.15, 0.2) is 0 Å². The maximum absolute atomic E-state index is 5.06. The first kappa shape index (κ1) is 13.5. The van der Waals surface area contributed by atoms with Gasteiger partial charge in [0.05, 0.1) is 7.11 Å². The summed E-state index contributed by atoms with van der Waals surface area (Å²) >= 11 is 1.96. The van der Waals surface area contributed by atoms with Crippen molar-refractivity contribution in [3.05, 3.63) is 53.7 Å². The lowest BCUT2D eigenvalue weighted by Gasteiger charge is -2.12. The van der Waals surface area contributed by atoms with Gasteiger partial charge in [-0.25, -0.2) is 4.98 Å². The Bertz CT molecular complexity index is 571. The highest BCUT2D eigenvalue weighted by molar-refractivity contribution is 7.99. The Morgan fingerprint density at radius 1 is 1.30 bits per heavy atom. The van der Waals surface area contributed by atoms with Crippen LogP contribution in [0.2, 0.25) is 0 Å². The average Bonchev–Trinajstić information content (AvgIpc) is 2.92. The molecule has 1 aromatic heterocycles. The van der Waals surface area contributed by atoms with Crippen molar-refractivity contribution in [2.75, 3.05) is 19.4 Å². The predicted molar refractivity (Wildman–Crippen MR) is 82.4 cm³/mol. The van der Waals surface area contributed by atoms with Crippen molar-refractivity contribution in [3.63, 3.8) is 0 Å². The molecule has 1 N–H and O–H groups in total. The zero-order chi connectivity index (χ0) is 13.8. The van der Waals surface area contributed by atoms with Gasteiger partial charge in [-0.3, -0.25) is 0 Å². The number of benzene rings is 1. The molecule has 104 valence electrons. The van der Waals surface area contributed by atoms with E-state index >= 15 is 0 Å². The molecule has 0 aliphatic carbocycles. The van der Waals surface area contributed by atoms with E-state index in [2.05, 4.69) is 40.6 Å². The molecule has 0 saturated heterocycles. The average molecular weight is 286 g/mol. The Kier molecular flexibility index (Phi) is 4.23. The molecule has 0 fully saturated rings. The Labute approximate surface area is 123 Å². The monoisotopic (exact) mass is 286 g/mol. The van der Waals surface area contributed by atoms with Crippen LogP contribution < -0.4 is 10.1 Å². The van der Waals surface area contributed by atoms with Gasteiger partial charge in [-0.15, -0.1) is 11.8 Å². The molecule has 1 aliphatic heterocycles. The van der Waals surface area contributed by atoms with E-state index in [1.165, 1.54) is 21.8 Å². The first-order valence-electron chi connectivity index (χ1n) is 6.78. The number of nitrogens with zero attached hydrogens (tertiary/aromatic N) is 1. The summed E-state index contributed by atoms with van der Waals surface area (Å²) in [6.45, 7) is 1.86. The van der Waals surface area contributed by atoms with Gasteiger partial charge in [-0.1, -0.05) is 24.3 Å². The zero-order valence-corrected chi connectivity index (χ0v) is 12.3. The number of hydrogen-bond acceptors (Lipinski definition) is 4. The van der Waals surface area contributed by atoms with Gasteiger partial charge in [0, 0.05) is 41.9 Å². The number of pyridine rings is 1. The van der Waals surface area contributed by atoms with Gasteiger partial charge in [0.1, 0.15) is 0 Å². The number of ether oxygens (including phenoxy) is 1. The minimum atomic E-state index is 0.613. The summed E-state index contributed by atoms with van der Waals surface area (Å²) in [7, 11) is 1.63. The first-order valence-corrected chi connectivity index (χ1v) is 7.77. The molecule has 3 rings (SSSR count). The molecule has 4 heteroatoms. The van der Waals surface area contributed by atoms with Gasteiger partial charge in [0.25, 0.3) is 0 Å². The van der Waals surface area contributed by atoms with E-state index in [1.54, 1.807) is 7.11 Å². The second kappa shape index (κ2) is 6.29. The number of hydrogen-bond donors (Lipinski definition) is 1. The maximum atomic E-state index is 5.06. The van der Waals surface area contributed by atoms with Crippen LogP contribution in [0, 0.1) is 0 Å². The van der Waals surface area contributed by atoms with Crippen molar-refractivity contribution < 1.29 is 4.74 Å². The maximum Gasteiger partial charge on any atom is 0.212 e. The molecule has 1 aliphatic rings. The molecule has 0 amide bonds. The van der Waals surface area contributed by atoms with E-state index in [0.29, 0.717) is 11.8 Å². The van der Waals surface area contributed by atoms with Crippen molar-refractivity contribution >= 4 is 11.8 Å². The van der Waals surface area contributed by atoms with Crippen molar-refractivity contribution in [1.29, 1.82) is 0 Å². The first-order chi connectivity index (χ1) is 9.86. The van der Waals surface area contributed by atoms with Crippen LogP contribution in [0.3, 0.4) is 0 Å². The fourth-order valence-electron chi connectivity index (χ4n) is 2.43. The minimum Gasteiger partial charge on any atom is -0.481 e. The van der Waals surface area contributed by atoms with Crippen LogP contribution in [0.5, 0.6) is 5.88 Å². The number of rotatable bonds is 5. The van der Waals surface area contributed by atoms with Crippen LogP contribution in [0.25, 0.3) is 0 Å². The Balaban J connectivity index is 1.53. The van der Waals surface area contributed by atoms with Gasteiger partial charge >= 0.3 is 0 Å². The van der Waals surface area contributed by atoms with Crippen molar-refractivity contribution in [2.45, 2.75) is 17.4 Å². The van der Waals surface area contributed by atoms with E-state index in [9.17, 15) is 0 Å². The summed E-state index contributed by atoms with van der Waals surface area (Å²) in [5, 5.41) is 3.53. The van der Waals surface area contributed by atoms with Crippen LogP contribution >= 0.6 is 11.8 Å². The fraction of sp³-hybridized carbons (Fsp3) is 0.312. The van der Waals surface area contributed by atoms with Crippen LogP contribution in [0.1, 0.15) is 17.0 Å². The molecular formula is C16H18N2OS. The number of fused-ring (bicyclic) bond motifs is 1. The van der Waals surface area contributed by atoms with Crippen LogP contribution in [0.4, 0.5) is 0 Å². The third kappa shape index (κ3) is 2.97. The normalized spacial score (nSPS) is 16.9. The smallest absolute Gasteiger partial charge is 0.212 e. The highest BCUT2D eigenvalue weighted by atomic mass is 32.2. The summed E-state index contributed by atoms with van der Waals surface area (Å²) in [5.74, 6) is 2.45. The molecule has 3 nitrogen and oxygen atoms in total. The lowest BCUT2D eigenvalue weighted by atomic mass is 10.0. The fourth-order valence-corrected chi connectivity index (χ4v) is 3.68. The molecule has 0 radical (unpaired) electrons. The summed E-state index contributed by atoms with van der Waals surface area (Å²) in [4.78, 5) is 5.65. The number of methoxy groups -OCH3 is 1. The predicted octanol–water partition coefficient (Wildman–Crippen LogP) is 3.07. The number of thioether (sulfide) groups is 1. The van der Waals surface area contributed by atoms with Gasteiger partial charge < -0.3 is 10.1 Å². The molecule has 0 spiro atoms. The lowest BCUT2D eigenvalue weighted by molar-refractivity contribution is 0.397. The molecule has 2 heterocycles. The summed E-state index contributed by atoms with van der Waals surface area (Å²) in [5.41, 5.74) is 2.67. The van der Waals surface area contributed by atoms with E-state index < -0.39 is 0 Å². The number of aromatic nitrogens is 1. The SMILES string of the molecule is COc1ccc(CNCC2CSc3ccccc32)cn1. The molecule has 1 unspecified atom stereocenters. The van der Waals surface area contributed by atoms with Crippen molar-refractivity contribution in [3.8, 4) is 5.88 Å². The zero-order valence-electron chi connectivity index (χ0n) is 11.5. The van der Waals surface area contributed by atoms with Gasteiger partial charge in [-0.05, 0) is 17.2 Å². The molecule has 2 aromatic rings. The Hall–Kier alpha value is -1.52. The standard InChI is InChI=1S/C16H18N2OS/c1-19-16-7-6-12(9-18-16)8-17-10-13-11-20-15-5-3-2-4-14(13)15/h2-7,9,13,17H,8,10-11H2,1H3. The van der Waals surface area contributed by atoms with E-state index in [-0.39, 0.29) is 0 Å². The largest absolute Gasteiger partial charge is 0.481 e. The van der Waals surface area contributed by atoms with Gasteiger partial charge in [0.2, 0.25) is 5.88 Å². The van der Waals surface area contributed by atoms with Crippen molar-refractivity contribution in [1.82, 2.24) is 10.3 Å². The molecule has 20 heavy (non-hydrogen) atoms. The minimum absolute atomic E-state index is 0.613. The van der Waals surface area contributed by atoms with Crippen LogP contribution in [-0.2, 0) is 6.54 Å². The lowest BCUT2D eigenvalue weighted by Crippen LogP contribution is -2.21. The molecule has 0 bridgehead atoms. The van der Waals surface area contributed by atoms with Crippen molar-refractivity contribution in [2.24, 2.45) is 0 Å². The van der Waals surface area contributed by atoms with Crippen LogP contribution in [-0.4, -0.2) is 24.4 Å². The molecule has 0 saturated carbocycles. The summed E-state index contributed by atoms with van der Waals surface area (Å²) < 4.78 is 5.06. The molecular weight excluding hydrogens is 268 g/mol. The Morgan fingerprint density at radius 2 is 2.20 bits per heavy atom. The quantitative estimate of drug-likeness (QED) is 0.916. The molecule has 1 atom stereocenters. The second-order valence-corrected chi connectivity index (χ2v) is 5.95. The van der Waals surface area contributed by atoms with Gasteiger partial charge in [-0.2, -0.15) is 0 Å². The number of nitrogens with one attached hydrogen (secondary N) is 1. The van der Waals surface area contributed by atoms with E-state index in [4.69, 9.17) is 4.74 Å². The third-order valence-corrected chi connectivity index (χ3v) is 4.78. The second-order valence-electron chi connectivity index (χ2n) is 4.89. The van der Waals surface area contributed by atoms with Crippen LogP contribution in [0.15, 0.2) is 47.5 Å². The summed E-state index contributed by atoms with van der Waals surface area (Å²) in [6, 6.07) is 12.7.